The van der Waals surface area contributed by atoms with Crippen molar-refractivity contribution in [1.82, 2.24) is 4.31 Å². The van der Waals surface area contributed by atoms with Crippen LogP contribution >= 0.6 is 11.6 Å². The third-order valence-corrected chi connectivity index (χ3v) is 4.69. The predicted octanol–water partition coefficient (Wildman–Crippen LogP) is 1.40. The van der Waals surface area contributed by atoms with Crippen LogP contribution in [0.2, 0.25) is 5.02 Å². The molecule has 0 atom stereocenters. The number of benzene rings is 1. The number of hydrogen-bond acceptors (Lipinski definition) is 5. The lowest BCUT2D eigenvalue weighted by molar-refractivity contribution is -0.143. The van der Waals surface area contributed by atoms with Crippen LogP contribution in [0.1, 0.15) is 12.5 Å². The van der Waals surface area contributed by atoms with Gasteiger partial charge in [-0.25, -0.2) is 8.42 Å². The molecular formula is C12H13ClN2O4S. The summed E-state index contributed by atoms with van der Waals surface area (Å²) in [7, 11) is -2.67. The topological polar surface area (TPSA) is 87.5 Å². The number of hydrogen-bond donors (Lipinski definition) is 0. The van der Waals surface area contributed by atoms with E-state index in [2.05, 4.69) is 4.74 Å². The molecule has 0 amide bonds. The van der Waals surface area contributed by atoms with Crippen LogP contribution in [-0.4, -0.2) is 38.9 Å². The van der Waals surface area contributed by atoms with E-state index in [0.29, 0.717) is 0 Å². The van der Waals surface area contributed by atoms with Crippen molar-refractivity contribution in [3.05, 3.63) is 28.8 Å². The summed E-state index contributed by atoms with van der Waals surface area (Å²) in [6.07, 6.45) is 0. The first-order valence-corrected chi connectivity index (χ1v) is 7.46. The fourth-order valence-electron chi connectivity index (χ4n) is 1.42. The van der Waals surface area contributed by atoms with Crippen LogP contribution in [0.5, 0.6) is 0 Å². The third-order valence-electron chi connectivity index (χ3n) is 2.41. The minimum Gasteiger partial charge on any atom is -0.465 e. The Labute approximate surface area is 122 Å². The molecule has 0 aromatic heterocycles. The Morgan fingerprint density at radius 3 is 2.65 bits per heavy atom. The number of sulfonamides is 1. The second kappa shape index (κ2) is 6.70. The number of carbonyl (C=O) groups is 1. The lowest BCUT2D eigenvalue weighted by Crippen LogP contribution is -2.33. The summed E-state index contributed by atoms with van der Waals surface area (Å²) in [5, 5.41) is 8.64. The molecule has 20 heavy (non-hydrogen) atoms. The van der Waals surface area contributed by atoms with Gasteiger partial charge >= 0.3 is 5.97 Å². The van der Waals surface area contributed by atoms with Crippen LogP contribution in [0.25, 0.3) is 0 Å². The lowest BCUT2D eigenvalue weighted by Gasteiger charge is -2.17. The summed E-state index contributed by atoms with van der Waals surface area (Å²) >= 11 is 5.86. The molecular weight excluding hydrogens is 304 g/mol. The van der Waals surface area contributed by atoms with E-state index in [1.165, 1.54) is 25.2 Å². The number of halogens is 1. The van der Waals surface area contributed by atoms with Crippen LogP contribution in [0.15, 0.2) is 23.1 Å². The quantitative estimate of drug-likeness (QED) is 0.766. The molecule has 6 nitrogen and oxygen atoms in total. The van der Waals surface area contributed by atoms with Crippen molar-refractivity contribution in [2.75, 3.05) is 20.2 Å². The van der Waals surface area contributed by atoms with Gasteiger partial charge in [0.25, 0.3) is 0 Å². The number of rotatable bonds is 5. The van der Waals surface area contributed by atoms with Gasteiger partial charge in [-0.1, -0.05) is 11.6 Å². The zero-order chi connectivity index (χ0) is 15.3. The van der Waals surface area contributed by atoms with Crippen LogP contribution in [0.4, 0.5) is 0 Å². The van der Waals surface area contributed by atoms with Crippen LogP contribution < -0.4 is 0 Å². The van der Waals surface area contributed by atoms with Gasteiger partial charge in [0.1, 0.15) is 11.4 Å². The molecule has 0 fully saturated rings. The molecule has 0 heterocycles. The average Bonchev–Trinajstić information content (AvgIpc) is 2.38. The number of nitriles is 1. The highest BCUT2D eigenvalue weighted by atomic mass is 35.5. The van der Waals surface area contributed by atoms with Crippen LogP contribution in [-0.2, 0) is 19.6 Å². The molecule has 0 saturated carbocycles. The first-order valence-electron chi connectivity index (χ1n) is 5.64. The van der Waals surface area contributed by atoms with E-state index in [0.717, 1.165) is 4.31 Å². The molecule has 8 heteroatoms. The zero-order valence-corrected chi connectivity index (χ0v) is 12.5. The predicted molar refractivity (Wildman–Crippen MR) is 72.6 cm³/mol. The van der Waals surface area contributed by atoms with Gasteiger partial charge in [-0.2, -0.15) is 9.57 Å². The molecule has 0 aliphatic heterocycles. The second-order valence-electron chi connectivity index (χ2n) is 3.82. The molecule has 0 saturated heterocycles. The highest BCUT2D eigenvalue weighted by Crippen LogP contribution is 2.24. The summed E-state index contributed by atoms with van der Waals surface area (Å²) in [5.74, 6) is -0.650. The summed E-state index contributed by atoms with van der Waals surface area (Å²) in [6, 6.07) is 5.69. The third kappa shape index (κ3) is 3.70. The maximum atomic E-state index is 12.2. The molecule has 0 bridgehead atoms. The monoisotopic (exact) mass is 316 g/mol. The van der Waals surface area contributed by atoms with Crippen molar-refractivity contribution in [2.45, 2.75) is 11.8 Å². The number of esters is 1. The molecule has 0 N–H and O–H groups in total. The molecule has 0 unspecified atom stereocenters. The maximum absolute atomic E-state index is 12.2. The second-order valence-corrected chi connectivity index (χ2v) is 6.24. The molecule has 0 aliphatic rings. The van der Waals surface area contributed by atoms with Gasteiger partial charge in [-0.05, 0) is 25.1 Å². The van der Waals surface area contributed by atoms with Gasteiger partial charge in [0, 0.05) is 7.05 Å². The lowest BCUT2D eigenvalue weighted by atomic mass is 10.2. The highest BCUT2D eigenvalue weighted by molar-refractivity contribution is 7.89. The van der Waals surface area contributed by atoms with Crippen LogP contribution in [0, 0.1) is 11.3 Å². The summed E-state index contributed by atoms with van der Waals surface area (Å²) < 4.78 is 30.0. The number of ether oxygens (including phenoxy) is 1. The molecule has 0 aliphatic carbocycles. The van der Waals surface area contributed by atoms with Crippen molar-refractivity contribution < 1.29 is 17.9 Å². The van der Waals surface area contributed by atoms with Crippen molar-refractivity contribution in [3.8, 4) is 6.07 Å². The van der Waals surface area contributed by atoms with Crippen LogP contribution in [0.3, 0.4) is 0 Å². The van der Waals surface area contributed by atoms with Gasteiger partial charge in [-0.3, -0.25) is 4.79 Å². The largest absolute Gasteiger partial charge is 0.465 e. The van der Waals surface area contributed by atoms with Crippen molar-refractivity contribution >= 4 is 27.6 Å². The van der Waals surface area contributed by atoms with Gasteiger partial charge < -0.3 is 4.74 Å². The molecule has 1 rings (SSSR count). The van der Waals surface area contributed by atoms with E-state index in [9.17, 15) is 13.2 Å². The van der Waals surface area contributed by atoms with Gasteiger partial charge in [0.2, 0.25) is 10.0 Å². The Morgan fingerprint density at radius 2 is 2.15 bits per heavy atom. The summed E-state index contributed by atoms with van der Waals surface area (Å²) in [5.41, 5.74) is 0.252. The van der Waals surface area contributed by atoms with Gasteiger partial charge in [0.15, 0.2) is 0 Å². The molecule has 1 aromatic rings. The Bertz CT molecular complexity index is 652. The van der Waals surface area contributed by atoms with E-state index in [1.54, 1.807) is 6.92 Å². The zero-order valence-electron chi connectivity index (χ0n) is 11.0. The van der Waals surface area contributed by atoms with Crippen molar-refractivity contribution in [2.24, 2.45) is 0 Å². The Morgan fingerprint density at radius 1 is 1.50 bits per heavy atom. The minimum atomic E-state index is -3.92. The summed E-state index contributed by atoms with van der Waals surface area (Å²) in [4.78, 5) is 11.2. The SMILES string of the molecule is CCOC(=O)CN(C)S(=O)(=O)c1ccc(C#N)cc1Cl. The number of nitrogens with zero attached hydrogens (tertiary/aromatic N) is 2. The van der Waals surface area contributed by atoms with E-state index in [-0.39, 0.29) is 22.1 Å². The molecule has 0 spiro atoms. The van der Waals surface area contributed by atoms with Crippen molar-refractivity contribution in [1.29, 1.82) is 5.26 Å². The minimum absolute atomic E-state index is 0.0697. The maximum Gasteiger partial charge on any atom is 0.321 e. The molecule has 108 valence electrons. The first-order chi connectivity index (χ1) is 9.32. The Kier molecular flexibility index (Phi) is 5.51. The average molecular weight is 317 g/mol. The Balaban J connectivity index is 3.05. The van der Waals surface area contributed by atoms with Crippen molar-refractivity contribution in [3.63, 3.8) is 0 Å². The van der Waals surface area contributed by atoms with E-state index in [4.69, 9.17) is 16.9 Å². The van der Waals surface area contributed by atoms with E-state index in [1.807, 2.05) is 6.07 Å². The molecule has 1 aromatic carbocycles. The fourth-order valence-corrected chi connectivity index (χ4v) is 3.05. The highest BCUT2D eigenvalue weighted by Gasteiger charge is 2.25. The first kappa shape index (κ1) is 16.4. The Hall–Kier alpha value is -1.62. The van der Waals surface area contributed by atoms with Gasteiger partial charge in [0.05, 0.1) is 23.3 Å². The van der Waals surface area contributed by atoms with Gasteiger partial charge in [-0.15, -0.1) is 0 Å². The standard InChI is InChI=1S/C12H13ClN2O4S/c1-3-19-12(16)8-15(2)20(17,18)11-5-4-9(7-14)6-10(11)13/h4-6H,3,8H2,1-2H3. The molecule has 0 radical (unpaired) electrons. The number of carbonyl (C=O) groups excluding carboxylic acids is 1. The van der Waals surface area contributed by atoms with E-state index >= 15 is 0 Å². The number of likely N-dealkylation sites (N-methyl/N-ethyl adjacent to an activating group) is 1. The fraction of sp³-hybridized carbons (Fsp3) is 0.333. The van der Waals surface area contributed by atoms with E-state index < -0.39 is 22.5 Å². The summed E-state index contributed by atoms with van der Waals surface area (Å²) in [6.45, 7) is 1.39. The normalized spacial score (nSPS) is 11.2. The smallest absolute Gasteiger partial charge is 0.321 e.